The van der Waals surface area contributed by atoms with E-state index in [1.165, 1.54) is 18.2 Å². The minimum Gasteiger partial charge on any atom is -0.451 e. The molecule has 0 unspecified atom stereocenters. The van der Waals surface area contributed by atoms with E-state index in [0.717, 1.165) is 0 Å². The molecule has 0 saturated heterocycles. The van der Waals surface area contributed by atoms with Crippen molar-refractivity contribution in [2.45, 2.75) is 0 Å². The molecular weight excluding hydrogens is 325 g/mol. The number of halogens is 1. The van der Waals surface area contributed by atoms with Gasteiger partial charge in [-0.05, 0) is 60.7 Å². The van der Waals surface area contributed by atoms with Gasteiger partial charge in [0.05, 0.1) is 0 Å². The molecule has 4 N–H and O–H groups in total. The first-order chi connectivity index (χ1) is 12.0. The summed E-state index contributed by atoms with van der Waals surface area (Å²) in [6.45, 7) is 0. The summed E-state index contributed by atoms with van der Waals surface area (Å²) in [7, 11) is 0. The molecule has 0 fully saturated rings. The average Bonchev–Trinajstić information content (AvgIpc) is 3.07. The number of carbonyl (C=O) groups excluding carboxylic acids is 2. The lowest BCUT2D eigenvalue weighted by Crippen LogP contribution is -2.19. The van der Waals surface area contributed by atoms with Crippen LogP contribution in [0.5, 0.6) is 0 Å². The topological polar surface area (TPSA) is 97.4 Å². The van der Waals surface area contributed by atoms with Crippen molar-refractivity contribution >= 4 is 23.3 Å². The van der Waals surface area contributed by atoms with Gasteiger partial charge in [0.2, 0.25) is 0 Å². The Morgan fingerprint density at radius 2 is 1.44 bits per heavy atom. The quantitative estimate of drug-likeness (QED) is 0.674. The number of urea groups is 1. The first-order valence-electron chi connectivity index (χ1n) is 7.35. The molecule has 6 nitrogen and oxygen atoms in total. The number of rotatable bonds is 4. The van der Waals surface area contributed by atoms with E-state index >= 15 is 0 Å². The molecule has 25 heavy (non-hydrogen) atoms. The molecule has 3 aromatic rings. The van der Waals surface area contributed by atoms with E-state index in [2.05, 4.69) is 10.6 Å². The zero-order chi connectivity index (χ0) is 17.8. The zero-order valence-electron chi connectivity index (χ0n) is 13.0. The first-order valence-corrected chi connectivity index (χ1v) is 7.35. The number of hydrogen-bond donors (Lipinski definition) is 3. The lowest BCUT2D eigenvalue weighted by Gasteiger charge is -2.05. The molecule has 0 aliphatic heterocycles. The van der Waals surface area contributed by atoms with E-state index in [0.29, 0.717) is 22.7 Å². The van der Waals surface area contributed by atoms with Gasteiger partial charge in [-0.3, -0.25) is 4.79 Å². The third kappa shape index (κ3) is 4.03. The standard InChI is InChI=1S/C18H14FN3O3/c19-12-3-1-11(2-4-12)15-9-10-16(25-15)17(23)21-13-5-7-14(8-6-13)22-18(20)24/h1-10H,(H,21,23)(H3,20,22,24). The fraction of sp³-hybridized carbons (Fsp3) is 0. The van der Waals surface area contributed by atoms with Gasteiger partial charge in [-0.1, -0.05) is 0 Å². The fourth-order valence-corrected chi connectivity index (χ4v) is 2.20. The highest BCUT2D eigenvalue weighted by atomic mass is 19.1. The van der Waals surface area contributed by atoms with Gasteiger partial charge in [0.15, 0.2) is 5.76 Å². The Kier molecular flexibility index (Phi) is 4.47. The van der Waals surface area contributed by atoms with Crippen LogP contribution in [0.3, 0.4) is 0 Å². The largest absolute Gasteiger partial charge is 0.451 e. The number of hydrogen-bond acceptors (Lipinski definition) is 3. The Morgan fingerprint density at radius 1 is 0.840 bits per heavy atom. The summed E-state index contributed by atoms with van der Waals surface area (Å²) in [4.78, 5) is 23.0. The number of amides is 3. The van der Waals surface area contributed by atoms with Crippen molar-refractivity contribution in [1.29, 1.82) is 0 Å². The van der Waals surface area contributed by atoms with Crippen molar-refractivity contribution in [2.75, 3.05) is 10.6 Å². The van der Waals surface area contributed by atoms with E-state index in [1.54, 1.807) is 42.5 Å². The van der Waals surface area contributed by atoms with Crippen molar-refractivity contribution in [3.8, 4) is 11.3 Å². The van der Waals surface area contributed by atoms with E-state index in [4.69, 9.17) is 10.2 Å². The van der Waals surface area contributed by atoms with Gasteiger partial charge in [-0.15, -0.1) is 0 Å². The Hall–Kier alpha value is -3.61. The highest BCUT2D eigenvalue weighted by molar-refractivity contribution is 6.02. The van der Waals surface area contributed by atoms with Crippen LogP contribution in [-0.2, 0) is 0 Å². The molecule has 1 heterocycles. The molecule has 126 valence electrons. The van der Waals surface area contributed by atoms with Gasteiger partial charge in [-0.25, -0.2) is 9.18 Å². The summed E-state index contributed by atoms with van der Waals surface area (Å²) >= 11 is 0. The molecule has 1 aromatic heterocycles. The van der Waals surface area contributed by atoms with Crippen LogP contribution < -0.4 is 16.4 Å². The summed E-state index contributed by atoms with van der Waals surface area (Å²) in [5.74, 6) is -0.184. The molecule has 0 aliphatic rings. The highest BCUT2D eigenvalue weighted by Gasteiger charge is 2.12. The van der Waals surface area contributed by atoms with Crippen molar-refractivity contribution in [1.82, 2.24) is 0 Å². The second-order valence-corrected chi connectivity index (χ2v) is 5.19. The Morgan fingerprint density at radius 3 is 2.04 bits per heavy atom. The van der Waals surface area contributed by atoms with Crippen LogP contribution >= 0.6 is 0 Å². The predicted octanol–water partition coefficient (Wildman–Crippen LogP) is 3.83. The maximum atomic E-state index is 13.0. The first kappa shape index (κ1) is 16.3. The van der Waals surface area contributed by atoms with Crippen LogP contribution in [0.2, 0.25) is 0 Å². The Bertz CT molecular complexity index is 902. The molecule has 3 amide bonds. The number of nitrogens with one attached hydrogen (secondary N) is 2. The van der Waals surface area contributed by atoms with Crippen LogP contribution in [0, 0.1) is 5.82 Å². The second-order valence-electron chi connectivity index (χ2n) is 5.19. The molecule has 0 atom stereocenters. The van der Waals surface area contributed by atoms with Crippen molar-refractivity contribution in [2.24, 2.45) is 5.73 Å². The molecule has 7 heteroatoms. The third-order valence-electron chi connectivity index (χ3n) is 3.37. The minimum atomic E-state index is -0.666. The van der Waals surface area contributed by atoms with E-state index in [-0.39, 0.29) is 11.6 Å². The number of benzene rings is 2. The second kappa shape index (κ2) is 6.88. The maximum Gasteiger partial charge on any atom is 0.316 e. The van der Waals surface area contributed by atoms with Gasteiger partial charge < -0.3 is 20.8 Å². The number of carbonyl (C=O) groups is 2. The summed E-state index contributed by atoms with van der Waals surface area (Å²) in [6.07, 6.45) is 0. The average molecular weight is 339 g/mol. The molecule has 3 rings (SSSR count). The van der Waals surface area contributed by atoms with Gasteiger partial charge in [0, 0.05) is 16.9 Å². The molecule has 0 saturated carbocycles. The zero-order valence-corrected chi connectivity index (χ0v) is 13.0. The molecule has 0 aliphatic carbocycles. The SMILES string of the molecule is NC(=O)Nc1ccc(NC(=O)c2ccc(-c3ccc(F)cc3)o2)cc1. The van der Waals surface area contributed by atoms with Crippen molar-refractivity contribution < 1.29 is 18.4 Å². The van der Waals surface area contributed by atoms with Crippen LogP contribution in [-0.4, -0.2) is 11.9 Å². The van der Waals surface area contributed by atoms with E-state index in [1.807, 2.05) is 0 Å². The predicted molar refractivity (Wildman–Crippen MR) is 91.7 cm³/mol. The van der Waals surface area contributed by atoms with Crippen LogP contribution in [0.15, 0.2) is 65.1 Å². The van der Waals surface area contributed by atoms with Crippen molar-refractivity contribution in [3.05, 3.63) is 72.2 Å². The number of primary amides is 1. The summed E-state index contributed by atoms with van der Waals surface area (Å²) in [5, 5.41) is 5.10. The van der Waals surface area contributed by atoms with Gasteiger partial charge in [0.25, 0.3) is 5.91 Å². The lowest BCUT2D eigenvalue weighted by atomic mass is 10.2. The summed E-state index contributed by atoms with van der Waals surface area (Å²) < 4.78 is 18.5. The monoisotopic (exact) mass is 339 g/mol. The van der Waals surface area contributed by atoms with Gasteiger partial charge >= 0.3 is 6.03 Å². The molecule has 0 bridgehead atoms. The number of anilines is 2. The normalized spacial score (nSPS) is 10.3. The molecule has 0 radical (unpaired) electrons. The Labute approximate surface area is 142 Å². The number of furan rings is 1. The van der Waals surface area contributed by atoms with Crippen LogP contribution in [0.4, 0.5) is 20.6 Å². The lowest BCUT2D eigenvalue weighted by molar-refractivity contribution is 0.0997. The fourth-order valence-electron chi connectivity index (χ4n) is 2.20. The van der Waals surface area contributed by atoms with E-state index in [9.17, 15) is 14.0 Å². The summed E-state index contributed by atoms with van der Waals surface area (Å²) in [5.41, 5.74) is 6.74. The Balaban J connectivity index is 1.69. The molecule has 0 spiro atoms. The third-order valence-corrected chi connectivity index (χ3v) is 3.37. The molecular formula is C18H14FN3O3. The van der Waals surface area contributed by atoms with Gasteiger partial charge in [-0.2, -0.15) is 0 Å². The van der Waals surface area contributed by atoms with E-state index < -0.39 is 11.9 Å². The minimum absolute atomic E-state index is 0.124. The smallest absolute Gasteiger partial charge is 0.316 e. The van der Waals surface area contributed by atoms with Gasteiger partial charge in [0.1, 0.15) is 11.6 Å². The number of nitrogens with two attached hydrogens (primary N) is 1. The maximum absolute atomic E-state index is 13.0. The summed E-state index contributed by atoms with van der Waals surface area (Å²) in [6, 6.07) is 14.7. The highest BCUT2D eigenvalue weighted by Crippen LogP contribution is 2.23. The van der Waals surface area contributed by atoms with Crippen LogP contribution in [0.25, 0.3) is 11.3 Å². The van der Waals surface area contributed by atoms with Crippen molar-refractivity contribution in [3.63, 3.8) is 0 Å². The molecule has 2 aromatic carbocycles. The van der Waals surface area contributed by atoms with Crippen LogP contribution in [0.1, 0.15) is 10.6 Å².